The molecule has 4 rings (SSSR count). The van der Waals surface area contributed by atoms with Crippen LogP contribution in [0.1, 0.15) is 37.0 Å². The number of ether oxygens (including phenoxy) is 1. The first kappa shape index (κ1) is 22.8. The highest BCUT2D eigenvalue weighted by Crippen LogP contribution is 2.33. The van der Waals surface area contributed by atoms with Crippen LogP contribution < -0.4 is 10.2 Å². The molecular weight excluding hydrogens is 416 g/mol. The van der Waals surface area contributed by atoms with Gasteiger partial charge >= 0.3 is 6.09 Å². The van der Waals surface area contributed by atoms with Crippen molar-refractivity contribution in [2.75, 3.05) is 31.1 Å². The number of aromatic nitrogens is 2. The van der Waals surface area contributed by atoms with Crippen molar-refractivity contribution in [3.8, 4) is 17.1 Å². The molecule has 2 aromatic carbocycles. The largest absolute Gasteiger partial charge is 0.507 e. The van der Waals surface area contributed by atoms with Crippen molar-refractivity contribution in [3.63, 3.8) is 0 Å². The Morgan fingerprint density at radius 3 is 2.79 bits per heavy atom. The Bertz CT molecular complexity index is 1170. The number of anilines is 1. The number of phenols is 1. The van der Waals surface area contributed by atoms with Gasteiger partial charge in [0.1, 0.15) is 11.6 Å². The molecular formula is C26H38N4O3. The van der Waals surface area contributed by atoms with Crippen LogP contribution in [0.15, 0.2) is 42.5 Å². The van der Waals surface area contributed by atoms with E-state index in [2.05, 4.69) is 22.3 Å². The number of aromatic hydroxyl groups is 1. The average molecular weight is 455 g/mol. The lowest BCUT2D eigenvalue weighted by atomic mass is 9.99. The number of fused-ring (bicyclic) bond motifs is 1. The summed E-state index contributed by atoms with van der Waals surface area (Å²) in [5.74, 6) is 1.83. The van der Waals surface area contributed by atoms with Gasteiger partial charge in [-0.2, -0.15) is 0 Å². The number of carbonyl (C=O) groups is 1. The van der Waals surface area contributed by atoms with Crippen LogP contribution >= 0.6 is 0 Å². The van der Waals surface area contributed by atoms with Crippen molar-refractivity contribution in [2.24, 2.45) is 11.3 Å². The molecule has 1 fully saturated rings. The maximum atomic E-state index is 12.0. The van der Waals surface area contributed by atoms with E-state index in [9.17, 15) is 9.90 Å². The Labute approximate surface area is 199 Å². The summed E-state index contributed by atoms with van der Waals surface area (Å²) in [7, 11) is 0. The van der Waals surface area contributed by atoms with E-state index in [1.807, 2.05) is 45.9 Å². The third-order valence-electron chi connectivity index (χ3n) is 5.73. The SMILES string of the molecule is Cc1ccc2c(N3CC[C@@H](CNC(=O)OCC(C)(C)C)C3)nc(-c3ccccc3O)nc2c1.[HH].[HH].[HH]. The summed E-state index contributed by atoms with van der Waals surface area (Å²) in [5, 5.41) is 14.2. The predicted molar refractivity (Wildman–Crippen MR) is 137 cm³/mol. The monoisotopic (exact) mass is 454 g/mol. The summed E-state index contributed by atoms with van der Waals surface area (Å²) in [6, 6.07) is 13.3. The van der Waals surface area contributed by atoms with Crippen molar-refractivity contribution in [2.45, 2.75) is 34.1 Å². The number of alkyl carbamates (subject to hydrolysis) is 1. The van der Waals surface area contributed by atoms with Gasteiger partial charge in [-0.15, -0.1) is 0 Å². The van der Waals surface area contributed by atoms with Crippen LogP contribution in [0.2, 0.25) is 0 Å². The lowest BCUT2D eigenvalue weighted by molar-refractivity contribution is 0.105. The van der Waals surface area contributed by atoms with Gasteiger partial charge in [-0.05, 0) is 54.5 Å². The van der Waals surface area contributed by atoms with Crippen molar-refractivity contribution in [1.82, 2.24) is 15.3 Å². The maximum absolute atomic E-state index is 12.0. The van der Waals surface area contributed by atoms with Crippen molar-refractivity contribution in [1.29, 1.82) is 0 Å². The second-order valence-electron chi connectivity index (χ2n) is 10.0. The minimum Gasteiger partial charge on any atom is -0.507 e. The predicted octanol–water partition coefficient (Wildman–Crippen LogP) is 5.65. The molecule has 1 saturated heterocycles. The van der Waals surface area contributed by atoms with Crippen LogP contribution in [0.3, 0.4) is 0 Å². The van der Waals surface area contributed by atoms with E-state index >= 15 is 0 Å². The topological polar surface area (TPSA) is 87.6 Å². The van der Waals surface area contributed by atoms with Crippen LogP contribution in [-0.4, -0.2) is 47.4 Å². The summed E-state index contributed by atoms with van der Waals surface area (Å²) >= 11 is 0. The third kappa shape index (κ3) is 5.53. The zero-order chi connectivity index (χ0) is 23.6. The van der Waals surface area contributed by atoms with E-state index in [0.29, 0.717) is 30.5 Å². The van der Waals surface area contributed by atoms with Crippen molar-refractivity contribution >= 4 is 22.8 Å². The second kappa shape index (κ2) is 9.25. The fourth-order valence-corrected chi connectivity index (χ4v) is 4.00. The van der Waals surface area contributed by atoms with Crippen LogP contribution in [-0.2, 0) is 4.74 Å². The van der Waals surface area contributed by atoms with E-state index in [1.165, 1.54) is 0 Å². The Morgan fingerprint density at radius 1 is 1.24 bits per heavy atom. The lowest BCUT2D eigenvalue weighted by Crippen LogP contribution is -2.33. The second-order valence-corrected chi connectivity index (χ2v) is 10.0. The van der Waals surface area contributed by atoms with E-state index in [1.54, 1.807) is 12.1 Å². The summed E-state index contributed by atoms with van der Waals surface area (Å²) in [6.07, 6.45) is 0.580. The summed E-state index contributed by atoms with van der Waals surface area (Å²) < 4.78 is 5.31. The molecule has 1 amide bonds. The maximum Gasteiger partial charge on any atom is 0.407 e. The Hall–Kier alpha value is -3.35. The molecule has 0 bridgehead atoms. The number of phenolic OH excluding ortho intramolecular Hbond substituents is 1. The molecule has 3 aromatic rings. The molecule has 1 aromatic heterocycles. The van der Waals surface area contributed by atoms with Gasteiger partial charge < -0.3 is 20.1 Å². The molecule has 0 spiro atoms. The third-order valence-corrected chi connectivity index (χ3v) is 5.73. The highest BCUT2D eigenvalue weighted by molar-refractivity contribution is 5.92. The Morgan fingerprint density at radius 2 is 2.03 bits per heavy atom. The van der Waals surface area contributed by atoms with Crippen LogP contribution in [0.25, 0.3) is 22.3 Å². The summed E-state index contributed by atoms with van der Waals surface area (Å²) in [5.41, 5.74) is 2.53. The summed E-state index contributed by atoms with van der Waals surface area (Å²) in [6.45, 7) is 10.7. The molecule has 0 radical (unpaired) electrons. The zero-order valence-electron chi connectivity index (χ0n) is 19.8. The molecule has 7 heteroatoms. The molecule has 7 nitrogen and oxygen atoms in total. The minimum absolute atomic E-state index is 0. The summed E-state index contributed by atoms with van der Waals surface area (Å²) in [4.78, 5) is 23.9. The Kier molecular flexibility index (Phi) is 6.40. The van der Waals surface area contributed by atoms with Gasteiger partial charge in [0.2, 0.25) is 0 Å². The highest BCUT2D eigenvalue weighted by Gasteiger charge is 2.26. The molecule has 0 unspecified atom stereocenters. The van der Waals surface area contributed by atoms with Crippen molar-refractivity contribution in [3.05, 3.63) is 48.0 Å². The molecule has 1 aliphatic rings. The van der Waals surface area contributed by atoms with Crippen LogP contribution in [0.5, 0.6) is 5.75 Å². The first-order chi connectivity index (χ1) is 15.7. The molecule has 33 heavy (non-hydrogen) atoms. The number of carbonyl (C=O) groups excluding carboxylic acids is 1. The number of hydrogen-bond acceptors (Lipinski definition) is 6. The van der Waals surface area contributed by atoms with Crippen LogP contribution in [0.4, 0.5) is 10.6 Å². The lowest BCUT2D eigenvalue weighted by Gasteiger charge is -2.21. The number of amides is 1. The number of benzene rings is 2. The number of nitrogens with one attached hydrogen (secondary N) is 1. The normalized spacial score (nSPS) is 16.2. The minimum atomic E-state index is -0.367. The molecule has 2 N–H and O–H groups in total. The molecule has 2 heterocycles. The van der Waals surface area contributed by atoms with E-state index in [-0.39, 0.29) is 21.5 Å². The number of para-hydroxylation sites is 1. The number of nitrogens with zero attached hydrogens (tertiary/aromatic N) is 3. The fourth-order valence-electron chi connectivity index (χ4n) is 4.00. The highest BCUT2D eigenvalue weighted by atomic mass is 16.5. The molecule has 1 aliphatic heterocycles. The first-order valence-corrected chi connectivity index (χ1v) is 11.4. The average Bonchev–Trinajstić information content (AvgIpc) is 3.24. The standard InChI is InChI=1S/C26H32N4O3.3H2/c1-17-9-10-19-21(13-17)28-23(20-7-5-6-8-22(20)31)29-24(19)30-12-11-18(15-30)14-27-25(32)33-16-26(2,3)4;;;/h5-10,13,18,31H,11-12,14-16H2,1-4H3,(H,27,32);3*1H/t18-;;;/m0.../s1. The van der Waals surface area contributed by atoms with Gasteiger partial charge in [-0.1, -0.05) is 39.0 Å². The van der Waals surface area contributed by atoms with E-state index in [4.69, 9.17) is 14.7 Å². The molecule has 180 valence electrons. The van der Waals surface area contributed by atoms with Gasteiger partial charge in [0, 0.05) is 29.3 Å². The van der Waals surface area contributed by atoms with Gasteiger partial charge in [0.15, 0.2) is 5.82 Å². The quantitative estimate of drug-likeness (QED) is 0.518. The fraction of sp³-hybridized carbons (Fsp3) is 0.423. The van der Waals surface area contributed by atoms with E-state index < -0.39 is 0 Å². The molecule has 1 atom stereocenters. The van der Waals surface area contributed by atoms with Gasteiger partial charge in [-0.3, -0.25) is 0 Å². The first-order valence-electron chi connectivity index (χ1n) is 11.4. The van der Waals surface area contributed by atoms with Gasteiger partial charge in [0.25, 0.3) is 0 Å². The Balaban J connectivity index is 0.00000216. The van der Waals surface area contributed by atoms with Gasteiger partial charge in [0.05, 0.1) is 17.7 Å². The zero-order valence-corrected chi connectivity index (χ0v) is 19.8. The van der Waals surface area contributed by atoms with Gasteiger partial charge in [-0.25, -0.2) is 14.8 Å². The van der Waals surface area contributed by atoms with Crippen LogP contribution in [0, 0.1) is 18.3 Å². The van der Waals surface area contributed by atoms with Crippen molar-refractivity contribution < 1.29 is 18.9 Å². The molecule has 0 aliphatic carbocycles. The van der Waals surface area contributed by atoms with E-state index in [0.717, 1.165) is 41.8 Å². The smallest absolute Gasteiger partial charge is 0.407 e. The number of aryl methyl sites for hydroxylation is 1. The number of rotatable bonds is 5. The number of hydrogen-bond donors (Lipinski definition) is 2. The molecule has 0 saturated carbocycles.